The second-order valence-electron chi connectivity index (χ2n) is 4.99. The van der Waals surface area contributed by atoms with E-state index in [0.29, 0.717) is 10.6 Å². The van der Waals surface area contributed by atoms with Crippen LogP contribution in [0.3, 0.4) is 0 Å². The molecule has 5 nitrogen and oxygen atoms in total. The molecule has 2 aromatic carbocycles. The van der Waals surface area contributed by atoms with E-state index in [1.165, 1.54) is 11.3 Å². The molecule has 25 heavy (non-hydrogen) atoms. The monoisotopic (exact) mass is 367 g/mol. The first-order valence-corrected chi connectivity index (χ1v) is 8.57. The zero-order valence-corrected chi connectivity index (χ0v) is 14.6. The maximum absolute atomic E-state index is 12.1. The predicted molar refractivity (Wildman–Crippen MR) is 102 cm³/mol. The highest BCUT2D eigenvalue weighted by Gasteiger charge is 2.10. The van der Waals surface area contributed by atoms with E-state index in [2.05, 4.69) is 22.1 Å². The Morgan fingerprint density at radius 3 is 2.68 bits per heavy atom. The number of hydrogen-bond acceptors (Lipinski definition) is 5. The standard InChI is InChI=1S/C18H13N3O2S2/c22-16(18-20-14-5-1-2-6-15(14)25-18)19-11-3-4-12-7-9-13(10-8-12)17(24)21-23/h1-2,5-10,23H,11H2,(H,19,22)(H,21,24). The van der Waals surface area contributed by atoms with Gasteiger partial charge in [-0.25, -0.2) is 4.98 Å². The number of amides is 1. The van der Waals surface area contributed by atoms with Gasteiger partial charge in [0.15, 0.2) is 5.01 Å². The Balaban J connectivity index is 1.58. The molecule has 1 aromatic heterocycles. The number of thiocarbonyl (C=S) groups is 1. The van der Waals surface area contributed by atoms with Crippen LogP contribution in [0.25, 0.3) is 10.2 Å². The van der Waals surface area contributed by atoms with Gasteiger partial charge in [0.2, 0.25) is 0 Å². The van der Waals surface area contributed by atoms with Gasteiger partial charge in [0, 0.05) is 11.1 Å². The summed E-state index contributed by atoms with van der Waals surface area (Å²) in [5, 5.41) is 11.9. The molecule has 0 atom stereocenters. The normalized spacial score (nSPS) is 9.96. The third kappa shape index (κ3) is 4.19. The van der Waals surface area contributed by atoms with Crippen LogP contribution >= 0.6 is 23.6 Å². The minimum atomic E-state index is -0.231. The number of hydroxylamine groups is 1. The highest BCUT2D eigenvalue weighted by molar-refractivity contribution is 7.80. The van der Waals surface area contributed by atoms with Crippen molar-refractivity contribution in [2.24, 2.45) is 0 Å². The van der Waals surface area contributed by atoms with Gasteiger partial charge in [-0.05, 0) is 24.3 Å². The van der Waals surface area contributed by atoms with Gasteiger partial charge in [-0.2, -0.15) is 0 Å². The zero-order chi connectivity index (χ0) is 17.6. The molecule has 0 aliphatic carbocycles. The van der Waals surface area contributed by atoms with Crippen molar-refractivity contribution in [3.8, 4) is 11.8 Å². The van der Waals surface area contributed by atoms with Crippen LogP contribution in [0, 0.1) is 11.8 Å². The third-order valence-corrected chi connectivity index (χ3v) is 4.67. The van der Waals surface area contributed by atoms with E-state index in [9.17, 15) is 4.79 Å². The molecule has 0 aliphatic rings. The van der Waals surface area contributed by atoms with E-state index in [1.54, 1.807) is 24.3 Å². The van der Waals surface area contributed by atoms with E-state index in [-0.39, 0.29) is 17.4 Å². The molecule has 0 aliphatic heterocycles. The molecular formula is C18H13N3O2S2. The van der Waals surface area contributed by atoms with Gasteiger partial charge in [-0.3, -0.25) is 15.5 Å². The molecule has 124 valence electrons. The number of hydrogen-bond donors (Lipinski definition) is 3. The van der Waals surface area contributed by atoms with Crippen LogP contribution in [-0.4, -0.2) is 27.6 Å². The molecule has 0 saturated carbocycles. The Morgan fingerprint density at radius 1 is 1.20 bits per heavy atom. The Labute approximate surface area is 153 Å². The first kappa shape index (κ1) is 17.0. The fourth-order valence-electron chi connectivity index (χ4n) is 2.09. The number of nitrogens with one attached hydrogen (secondary N) is 2. The van der Waals surface area contributed by atoms with Crippen molar-refractivity contribution in [2.45, 2.75) is 0 Å². The topological polar surface area (TPSA) is 74.2 Å². The van der Waals surface area contributed by atoms with Gasteiger partial charge in [0.1, 0.15) is 4.99 Å². The molecule has 7 heteroatoms. The Morgan fingerprint density at radius 2 is 1.96 bits per heavy atom. The quantitative estimate of drug-likeness (QED) is 0.377. The number of carbonyl (C=O) groups is 1. The van der Waals surface area contributed by atoms with E-state index in [4.69, 9.17) is 17.4 Å². The van der Waals surface area contributed by atoms with Crippen LogP contribution in [0.15, 0.2) is 48.5 Å². The summed E-state index contributed by atoms with van der Waals surface area (Å²) in [7, 11) is 0. The van der Waals surface area contributed by atoms with Crippen LogP contribution in [0.2, 0.25) is 0 Å². The number of aromatic nitrogens is 1. The molecule has 0 saturated heterocycles. The number of rotatable bonds is 3. The maximum atomic E-state index is 12.1. The average molecular weight is 367 g/mol. The zero-order valence-electron chi connectivity index (χ0n) is 12.9. The van der Waals surface area contributed by atoms with Crippen molar-refractivity contribution < 1.29 is 10.0 Å². The van der Waals surface area contributed by atoms with Gasteiger partial charge in [0.25, 0.3) is 5.91 Å². The van der Waals surface area contributed by atoms with Crippen molar-refractivity contribution >= 4 is 44.7 Å². The van der Waals surface area contributed by atoms with Gasteiger partial charge >= 0.3 is 0 Å². The molecule has 1 amide bonds. The summed E-state index contributed by atoms with van der Waals surface area (Å²) in [6.07, 6.45) is 0. The minimum absolute atomic E-state index is 0.229. The largest absolute Gasteiger partial charge is 0.339 e. The van der Waals surface area contributed by atoms with E-state index >= 15 is 0 Å². The minimum Gasteiger partial charge on any atom is -0.339 e. The van der Waals surface area contributed by atoms with Crippen LogP contribution in [0.1, 0.15) is 20.9 Å². The van der Waals surface area contributed by atoms with Crippen LogP contribution in [0.5, 0.6) is 0 Å². The Kier molecular flexibility index (Phi) is 5.36. The molecule has 3 N–H and O–H groups in total. The van der Waals surface area contributed by atoms with Crippen molar-refractivity contribution in [3.05, 3.63) is 64.7 Å². The molecule has 1 heterocycles. The molecule has 3 rings (SSSR count). The van der Waals surface area contributed by atoms with Crippen molar-refractivity contribution in [1.29, 1.82) is 0 Å². The number of para-hydroxylation sites is 1. The third-order valence-electron chi connectivity index (χ3n) is 3.31. The first-order valence-electron chi connectivity index (χ1n) is 7.34. The number of fused-ring (bicyclic) bond motifs is 1. The number of thiazole rings is 1. The molecular weight excluding hydrogens is 354 g/mol. The summed E-state index contributed by atoms with van der Waals surface area (Å²) in [4.78, 5) is 16.7. The lowest BCUT2D eigenvalue weighted by Gasteiger charge is -2.00. The van der Waals surface area contributed by atoms with Gasteiger partial charge in [-0.1, -0.05) is 48.3 Å². The fourth-order valence-corrected chi connectivity index (χ4v) is 3.10. The smallest absolute Gasteiger partial charge is 0.281 e. The summed E-state index contributed by atoms with van der Waals surface area (Å²) in [5.41, 5.74) is 4.24. The number of carbonyl (C=O) groups excluding carboxylic acids is 1. The van der Waals surface area contributed by atoms with Crippen molar-refractivity contribution in [1.82, 2.24) is 15.8 Å². The fraction of sp³-hybridized carbons (Fsp3) is 0.0556. The summed E-state index contributed by atoms with van der Waals surface area (Å²) in [6.45, 7) is 0.229. The predicted octanol–water partition coefficient (Wildman–Crippen LogP) is 2.73. The molecule has 0 fully saturated rings. The second-order valence-corrected chi connectivity index (χ2v) is 6.43. The number of nitrogens with zero attached hydrogens (tertiary/aromatic N) is 1. The van der Waals surface area contributed by atoms with E-state index in [0.717, 1.165) is 15.8 Å². The molecule has 0 radical (unpaired) electrons. The average Bonchev–Trinajstić information content (AvgIpc) is 3.09. The molecule has 3 aromatic rings. The lowest BCUT2D eigenvalue weighted by molar-refractivity contribution is 0.0958. The van der Waals surface area contributed by atoms with E-state index in [1.807, 2.05) is 29.7 Å². The molecule has 0 unspecified atom stereocenters. The summed E-state index contributed by atoms with van der Waals surface area (Å²) in [6, 6.07) is 14.7. The van der Waals surface area contributed by atoms with Gasteiger partial charge in [0.05, 0.1) is 16.8 Å². The lowest BCUT2D eigenvalue weighted by Crippen LogP contribution is -2.23. The summed E-state index contributed by atoms with van der Waals surface area (Å²) in [5.74, 6) is 5.62. The maximum Gasteiger partial charge on any atom is 0.281 e. The Hall–Kier alpha value is -2.79. The first-order chi connectivity index (χ1) is 12.2. The lowest BCUT2D eigenvalue weighted by atomic mass is 10.1. The second kappa shape index (κ2) is 7.85. The molecule has 0 bridgehead atoms. The summed E-state index contributed by atoms with van der Waals surface area (Å²) < 4.78 is 0.981. The van der Waals surface area contributed by atoms with E-state index < -0.39 is 0 Å². The van der Waals surface area contributed by atoms with Crippen LogP contribution in [-0.2, 0) is 0 Å². The summed E-state index contributed by atoms with van der Waals surface area (Å²) >= 11 is 6.28. The Bertz CT molecular complexity index is 952. The van der Waals surface area contributed by atoms with Crippen molar-refractivity contribution in [3.63, 3.8) is 0 Å². The van der Waals surface area contributed by atoms with Crippen LogP contribution < -0.4 is 10.8 Å². The highest BCUT2D eigenvalue weighted by Crippen LogP contribution is 2.21. The van der Waals surface area contributed by atoms with Gasteiger partial charge < -0.3 is 5.32 Å². The van der Waals surface area contributed by atoms with Crippen molar-refractivity contribution in [2.75, 3.05) is 6.54 Å². The SMILES string of the molecule is O=C(NCC#Cc1ccc(C(=S)NO)cc1)c1nc2ccccc2s1. The number of benzene rings is 2. The van der Waals surface area contributed by atoms with Gasteiger partial charge in [-0.15, -0.1) is 11.3 Å². The molecule has 0 spiro atoms. The van der Waals surface area contributed by atoms with Crippen LogP contribution in [0.4, 0.5) is 0 Å². The highest BCUT2D eigenvalue weighted by atomic mass is 32.1.